The molecule has 0 aliphatic heterocycles. The van der Waals surface area contributed by atoms with Crippen LogP contribution in [0.25, 0.3) is 10.8 Å². The Balaban J connectivity index is 1.36. The van der Waals surface area contributed by atoms with Crippen molar-refractivity contribution in [1.29, 1.82) is 0 Å². The molecule has 0 radical (unpaired) electrons. The predicted molar refractivity (Wildman–Crippen MR) is 109 cm³/mol. The average molecular weight is 416 g/mol. The van der Waals surface area contributed by atoms with Crippen molar-refractivity contribution in [2.45, 2.75) is 12.8 Å². The Labute approximate surface area is 168 Å². The summed E-state index contributed by atoms with van der Waals surface area (Å²) in [6.45, 7) is 0. The van der Waals surface area contributed by atoms with Crippen molar-refractivity contribution in [3.8, 4) is 10.8 Å². The highest BCUT2D eigenvalue weighted by molar-refractivity contribution is 7.15. The molecule has 0 saturated heterocycles. The molecule has 0 aliphatic rings. The maximum atomic E-state index is 12.3. The smallest absolute Gasteiger partial charge is 0.232 e. The van der Waals surface area contributed by atoms with Gasteiger partial charge >= 0.3 is 0 Å². The second kappa shape index (κ2) is 8.04. The van der Waals surface area contributed by atoms with E-state index >= 15 is 0 Å². The molecule has 1 amide bonds. The first-order chi connectivity index (χ1) is 13.2. The van der Waals surface area contributed by atoms with Gasteiger partial charge in [0.05, 0.1) is 18.4 Å². The molecule has 3 aromatic heterocycles. The van der Waals surface area contributed by atoms with Gasteiger partial charge < -0.3 is 9.73 Å². The van der Waals surface area contributed by atoms with Crippen LogP contribution >= 0.6 is 34.3 Å². The first kappa shape index (κ1) is 17.9. The second-order valence-corrected chi connectivity index (χ2v) is 8.13. The Morgan fingerprint density at radius 1 is 1.22 bits per heavy atom. The van der Waals surface area contributed by atoms with Crippen LogP contribution in [-0.4, -0.2) is 15.9 Å². The minimum atomic E-state index is -0.148. The van der Waals surface area contributed by atoms with Crippen LogP contribution in [-0.2, 0) is 17.6 Å². The summed E-state index contributed by atoms with van der Waals surface area (Å²) in [6.07, 6.45) is 4.25. The largest absolute Gasteiger partial charge is 0.462 e. The molecule has 1 aromatic carbocycles. The van der Waals surface area contributed by atoms with Crippen LogP contribution < -0.4 is 5.32 Å². The molecule has 5 nitrogen and oxygen atoms in total. The number of hydrogen-bond donors (Lipinski definition) is 1. The van der Waals surface area contributed by atoms with Gasteiger partial charge in [-0.3, -0.25) is 4.79 Å². The molecule has 0 atom stereocenters. The third-order valence-corrected chi connectivity index (χ3v) is 5.93. The molecular weight excluding hydrogens is 402 g/mol. The first-order valence-corrected chi connectivity index (χ1v) is 10.2. The van der Waals surface area contributed by atoms with E-state index in [9.17, 15) is 4.79 Å². The number of carbonyl (C=O) groups excluding carboxylic acids is 1. The van der Waals surface area contributed by atoms with Crippen molar-refractivity contribution < 1.29 is 9.21 Å². The average Bonchev–Trinajstić information content (AvgIpc) is 3.39. The summed E-state index contributed by atoms with van der Waals surface area (Å²) in [5.41, 5.74) is 1.74. The van der Waals surface area contributed by atoms with Gasteiger partial charge in [0.2, 0.25) is 5.91 Å². The minimum Gasteiger partial charge on any atom is -0.462 e. The number of anilines is 1. The maximum Gasteiger partial charge on any atom is 0.232 e. The van der Waals surface area contributed by atoms with Gasteiger partial charge in [-0.15, -0.1) is 22.7 Å². The van der Waals surface area contributed by atoms with Crippen LogP contribution in [0.1, 0.15) is 16.1 Å². The van der Waals surface area contributed by atoms with Gasteiger partial charge in [0.1, 0.15) is 0 Å². The van der Waals surface area contributed by atoms with E-state index in [1.54, 1.807) is 12.5 Å². The molecule has 0 saturated carbocycles. The number of hydrogen-bond acceptors (Lipinski definition) is 6. The Bertz CT molecular complexity index is 1060. The van der Waals surface area contributed by atoms with E-state index in [1.807, 2.05) is 41.8 Å². The monoisotopic (exact) mass is 415 g/mol. The summed E-state index contributed by atoms with van der Waals surface area (Å²) in [5, 5.41) is 6.76. The molecule has 4 aromatic rings. The van der Waals surface area contributed by atoms with Crippen molar-refractivity contribution in [1.82, 2.24) is 9.97 Å². The lowest BCUT2D eigenvalue weighted by Gasteiger charge is -2.01. The fourth-order valence-corrected chi connectivity index (χ4v) is 4.35. The third-order valence-electron chi connectivity index (χ3n) is 3.75. The fraction of sp³-hybridized carbons (Fsp3) is 0.105. The lowest BCUT2D eigenvalue weighted by atomic mass is 10.1. The number of halogens is 1. The highest BCUT2D eigenvalue weighted by Crippen LogP contribution is 2.26. The van der Waals surface area contributed by atoms with E-state index in [-0.39, 0.29) is 12.3 Å². The second-order valence-electron chi connectivity index (χ2n) is 5.75. The summed E-state index contributed by atoms with van der Waals surface area (Å²) in [4.78, 5) is 22.0. The molecule has 0 bridgehead atoms. The Kier molecular flexibility index (Phi) is 5.33. The number of nitrogens with zero attached hydrogens (tertiary/aromatic N) is 2. The van der Waals surface area contributed by atoms with Gasteiger partial charge in [-0.05, 0) is 23.8 Å². The molecule has 27 heavy (non-hydrogen) atoms. The Morgan fingerprint density at radius 2 is 2.11 bits per heavy atom. The van der Waals surface area contributed by atoms with Crippen LogP contribution in [0.5, 0.6) is 0 Å². The normalized spacial score (nSPS) is 10.9. The lowest BCUT2D eigenvalue weighted by molar-refractivity contribution is -0.115. The zero-order valence-electron chi connectivity index (χ0n) is 14.0. The molecule has 3 heterocycles. The van der Waals surface area contributed by atoms with E-state index < -0.39 is 0 Å². The van der Waals surface area contributed by atoms with Crippen LogP contribution in [0.3, 0.4) is 0 Å². The standard InChI is InChI=1S/C19H14ClN3O2S2/c20-15-5-2-1-4-12(15)8-14-10-21-19(27-14)23-17(24)9-13-11-26-18(22-13)16-6-3-7-25-16/h1-7,10-11H,8-9H2,(H,21,23,24). The van der Waals surface area contributed by atoms with Gasteiger partial charge in [0.15, 0.2) is 15.9 Å². The molecule has 8 heteroatoms. The third kappa shape index (κ3) is 4.44. The molecule has 4 rings (SSSR count). The summed E-state index contributed by atoms with van der Waals surface area (Å²) in [5.74, 6) is 0.556. The molecule has 136 valence electrons. The molecular formula is C19H14ClN3O2S2. The minimum absolute atomic E-state index is 0.148. The van der Waals surface area contributed by atoms with Crippen LogP contribution in [0.2, 0.25) is 5.02 Å². The maximum absolute atomic E-state index is 12.3. The van der Waals surface area contributed by atoms with Gasteiger partial charge in [-0.1, -0.05) is 29.8 Å². The topological polar surface area (TPSA) is 68.0 Å². The summed E-state index contributed by atoms with van der Waals surface area (Å²) < 4.78 is 5.32. The molecule has 0 unspecified atom stereocenters. The Morgan fingerprint density at radius 3 is 2.93 bits per heavy atom. The number of amides is 1. The first-order valence-electron chi connectivity index (χ1n) is 8.13. The fourth-order valence-electron chi connectivity index (χ4n) is 2.51. The summed E-state index contributed by atoms with van der Waals surface area (Å²) in [7, 11) is 0. The van der Waals surface area contributed by atoms with Gasteiger partial charge in [-0.2, -0.15) is 0 Å². The van der Waals surface area contributed by atoms with E-state index in [0.29, 0.717) is 23.0 Å². The molecule has 0 aliphatic carbocycles. The number of aromatic nitrogens is 2. The van der Waals surface area contributed by atoms with Crippen molar-refractivity contribution in [3.63, 3.8) is 0 Å². The van der Waals surface area contributed by atoms with Gasteiger partial charge in [-0.25, -0.2) is 9.97 Å². The number of carbonyl (C=O) groups is 1. The van der Waals surface area contributed by atoms with E-state index in [4.69, 9.17) is 16.0 Å². The zero-order chi connectivity index (χ0) is 18.6. The number of rotatable bonds is 6. The summed E-state index contributed by atoms with van der Waals surface area (Å²) in [6, 6.07) is 11.4. The van der Waals surface area contributed by atoms with Crippen molar-refractivity contribution in [3.05, 3.63) is 75.4 Å². The van der Waals surface area contributed by atoms with Gasteiger partial charge in [0.25, 0.3) is 0 Å². The van der Waals surface area contributed by atoms with Crippen molar-refractivity contribution >= 4 is 45.3 Å². The van der Waals surface area contributed by atoms with Crippen LogP contribution in [0.15, 0.2) is 58.7 Å². The van der Waals surface area contributed by atoms with Crippen molar-refractivity contribution in [2.24, 2.45) is 0 Å². The lowest BCUT2D eigenvalue weighted by Crippen LogP contribution is -2.14. The van der Waals surface area contributed by atoms with E-state index in [0.717, 1.165) is 20.5 Å². The number of benzene rings is 1. The highest BCUT2D eigenvalue weighted by Gasteiger charge is 2.12. The highest BCUT2D eigenvalue weighted by atomic mass is 35.5. The van der Waals surface area contributed by atoms with E-state index in [1.165, 1.54) is 22.7 Å². The summed E-state index contributed by atoms with van der Waals surface area (Å²) >= 11 is 9.09. The number of thiazole rings is 2. The number of furan rings is 1. The molecule has 1 N–H and O–H groups in total. The predicted octanol–water partition coefficient (Wildman–Crippen LogP) is 5.29. The quantitative estimate of drug-likeness (QED) is 0.465. The van der Waals surface area contributed by atoms with Crippen LogP contribution in [0, 0.1) is 0 Å². The van der Waals surface area contributed by atoms with E-state index in [2.05, 4.69) is 15.3 Å². The van der Waals surface area contributed by atoms with Crippen molar-refractivity contribution in [2.75, 3.05) is 5.32 Å². The van der Waals surface area contributed by atoms with Gasteiger partial charge in [0, 0.05) is 27.9 Å². The SMILES string of the molecule is O=C(Cc1csc(-c2ccco2)n1)Nc1ncc(Cc2ccccc2Cl)s1. The molecule has 0 spiro atoms. The zero-order valence-corrected chi connectivity index (χ0v) is 16.4. The molecule has 0 fully saturated rings. The number of nitrogens with one attached hydrogen (secondary N) is 1. The Hall–Kier alpha value is -2.48. The van der Waals surface area contributed by atoms with Crippen LogP contribution in [0.4, 0.5) is 5.13 Å².